The second-order valence-electron chi connectivity index (χ2n) is 5.70. The number of carbonyl (C=O) groups excluding carboxylic acids is 1. The highest BCUT2D eigenvalue weighted by Crippen LogP contribution is 2.23. The number of halogens is 1. The highest BCUT2D eigenvalue weighted by molar-refractivity contribution is 7.99. The van der Waals surface area contributed by atoms with Gasteiger partial charge < -0.3 is 15.2 Å². The predicted molar refractivity (Wildman–Crippen MR) is 103 cm³/mol. The van der Waals surface area contributed by atoms with Gasteiger partial charge in [-0.05, 0) is 48.9 Å². The van der Waals surface area contributed by atoms with E-state index in [1.54, 1.807) is 11.8 Å². The normalized spacial score (nSPS) is 13.3. The lowest BCUT2D eigenvalue weighted by Gasteiger charge is -2.17. The third-order valence-electron chi connectivity index (χ3n) is 3.50. The Balaban J connectivity index is 1.73. The van der Waals surface area contributed by atoms with Crippen molar-refractivity contribution in [3.63, 3.8) is 0 Å². The molecule has 134 valence electrons. The highest BCUT2D eigenvalue weighted by Gasteiger charge is 2.10. The SMILES string of the molecule is CC(=O)Nc1ccc(SC[C@H](O)CO[C@H](C)c2ccc(Cl)cc2)cc1. The number of anilines is 1. The fourth-order valence-corrected chi connectivity index (χ4v) is 3.10. The molecule has 0 heterocycles. The first kappa shape index (κ1) is 19.8. The van der Waals surface area contributed by atoms with Crippen LogP contribution < -0.4 is 5.32 Å². The largest absolute Gasteiger partial charge is 0.390 e. The molecule has 4 nitrogen and oxygen atoms in total. The van der Waals surface area contributed by atoms with Crippen LogP contribution in [-0.2, 0) is 9.53 Å². The van der Waals surface area contributed by atoms with Crippen LogP contribution in [0.3, 0.4) is 0 Å². The number of benzene rings is 2. The van der Waals surface area contributed by atoms with Crippen molar-refractivity contribution in [2.45, 2.75) is 31.0 Å². The van der Waals surface area contributed by atoms with Crippen molar-refractivity contribution < 1.29 is 14.6 Å². The van der Waals surface area contributed by atoms with Crippen molar-refractivity contribution in [3.8, 4) is 0 Å². The van der Waals surface area contributed by atoms with Crippen molar-refractivity contribution in [1.29, 1.82) is 0 Å². The smallest absolute Gasteiger partial charge is 0.221 e. The van der Waals surface area contributed by atoms with Crippen LogP contribution in [0.4, 0.5) is 5.69 Å². The molecule has 0 radical (unpaired) electrons. The summed E-state index contributed by atoms with van der Waals surface area (Å²) in [6.07, 6.45) is -0.663. The van der Waals surface area contributed by atoms with Crippen LogP contribution in [0.25, 0.3) is 0 Å². The number of aliphatic hydroxyl groups excluding tert-OH is 1. The van der Waals surface area contributed by atoms with E-state index in [4.69, 9.17) is 16.3 Å². The minimum Gasteiger partial charge on any atom is -0.390 e. The van der Waals surface area contributed by atoms with E-state index in [1.807, 2.05) is 55.5 Å². The van der Waals surface area contributed by atoms with Gasteiger partial charge in [0.2, 0.25) is 5.91 Å². The third-order valence-corrected chi connectivity index (χ3v) is 4.90. The summed E-state index contributed by atoms with van der Waals surface area (Å²) >= 11 is 7.42. The molecule has 0 bridgehead atoms. The van der Waals surface area contributed by atoms with Gasteiger partial charge in [0.25, 0.3) is 0 Å². The quantitative estimate of drug-likeness (QED) is 0.661. The van der Waals surface area contributed by atoms with Gasteiger partial charge in [0.15, 0.2) is 0 Å². The van der Waals surface area contributed by atoms with E-state index in [1.165, 1.54) is 6.92 Å². The first-order chi connectivity index (χ1) is 11.9. The van der Waals surface area contributed by atoms with Crippen molar-refractivity contribution >= 4 is 35.0 Å². The van der Waals surface area contributed by atoms with Crippen molar-refractivity contribution in [2.75, 3.05) is 17.7 Å². The van der Waals surface area contributed by atoms with Crippen molar-refractivity contribution in [3.05, 3.63) is 59.1 Å². The van der Waals surface area contributed by atoms with Crippen LogP contribution in [0.5, 0.6) is 0 Å². The Hall–Kier alpha value is -1.53. The van der Waals surface area contributed by atoms with Crippen LogP contribution in [0.2, 0.25) is 5.02 Å². The zero-order valence-electron chi connectivity index (χ0n) is 14.2. The van der Waals surface area contributed by atoms with Gasteiger partial charge in [-0.2, -0.15) is 0 Å². The van der Waals surface area contributed by atoms with Crippen LogP contribution in [0, 0.1) is 0 Å². The number of rotatable bonds is 8. The van der Waals surface area contributed by atoms with Gasteiger partial charge in [-0.3, -0.25) is 4.79 Å². The minimum atomic E-state index is -0.560. The molecule has 2 rings (SSSR count). The van der Waals surface area contributed by atoms with E-state index in [2.05, 4.69) is 5.32 Å². The Kier molecular flexibility index (Phi) is 7.78. The lowest BCUT2D eigenvalue weighted by molar-refractivity contribution is -0.114. The number of hydrogen-bond acceptors (Lipinski definition) is 4. The van der Waals surface area contributed by atoms with Crippen molar-refractivity contribution in [1.82, 2.24) is 0 Å². The summed E-state index contributed by atoms with van der Waals surface area (Å²) in [4.78, 5) is 12.0. The zero-order valence-corrected chi connectivity index (χ0v) is 15.8. The molecule has 0 unspecified atom stereocenters. The molecule has 2 N–H and O–H groups in total. The molecule has 1 amide bonds. The minimum absolute atomic E-state index is 0.0946. The Morgan fingerprint density at radius 1 is 1.20 bits per heavy atom. The number of aliphatic hydroxyl groups is 1. The van der Waals surface area contributed by atoms with E-state index >= 15 is 0 Å². The topological polar surface area (TPSA) is 58.6 Å². The molecule has 0 spiro atoms. The number of thioether (sulfide) groups is 1. The lowest BCUT2D eigenvalue weighted by Crippen LogP contribution is -2.19. The summed E-state index contributed by atoms with van der Waals surface area (Å²) < 4.78 is 5.73. The monoisotopic (exact) mass is 379 g/mol. The number of nitrogens with one attached hydrogen (secondary N) is 1. The van der Waals surface area contributed by atoms with E-state index in [-0.39, 0.29) is 18.6 Å². The van der Waals surface area contributed by atoms with Crippen LogP contribution in [0.1, 0.15) is 25.5 Å². The van der Waals surface area contributed by atoms with Gasteiger partial charge in [-0.25, -0.2) is 0 Å². The second kappa shape index (κ2) is 9.82. The first-order valence-electron chi connectivity index (χ1n) is 7.99. The number of hydrogen-bond donors (Lipinski definition) is 2. The molecule has 6 heteroatoms. The Labute approximate surface area is 157 Å². The van der Waals surface area contributed by atoms with Crippen LogP contribution in [0.15, 0.2) is 53.4 Å². The molecule has 2 aromatic rings. The van der Waals surface area contributed by atoms with Crippen molar-refractivity contribution in [2.24, 2.45) is 0 Å². The molecule has 0 fully saturated rings. The van der Waals surface area contributed by atoms with Gasteiger partial charge in [0.05, 0.1) is 18.8 Å². The van der Waals surface area contributed by atoms with E-state index < -0.39 is 6.10 Å². The molecule has 0 aliphatic rings. The molecular formula is C19H22ClNO3S. The average molecular weight is 380 g/mol. The molecule has 0 aliphatic heterocycles. The molecule has 0 aromatic heterocycles. The molecule has 25 heavy (non-hydrogen) atoms. The van der Waals surface area contributed by atoms with Gasteiger partial charge >= 0.3 is 0 Å². The van der Waals surface area contributed by atoms with Gasteiger partial charge in [0.1, 0.15) is 0 Å². The Morgan fingerprint density at radius 3 is 2.44 bits per heavy atom. The summed E-state index contributed by atoms with van der Waals surface area (Å²) in [7, 11) is 0. The fourth-order valence-electron chi connectivity index (χ4n) is 2.16. The molecule has 0 aliphatic carbocycles. The summed E-state index contributed by atoms with van der Waals surface area (Å²) in [6, 6.07) is 15.0. The fraction of sp³-hybridized carbons (Fsp3) is 0.316. The maximum atomic E-state index is 11.0. The lowest BCUT2D eigenvalue weighted by atomic mass is 10.1. The second-order valence-corrected chi connectivity index (χ2v) is 7.23. The molecule has 2 aromatic carbocycles. The third kappa shape index (κ3) is 7.08. The summed E-state index contributed by atoms with van der Waals surface area (Å²) in [5.74, 6) is 0.440. The Morgan fingerprint density at radius 2 is 1.84 bits per heavy atom. The number of amides is 1. The average Bonchev–Trinajstić information content (AvgIpc) is 2.59. The van der Waals surface area contributed by atoms with E-state index in [0.29, 0.717) is 10.8 Å². The molecule has 0 saturated carbocycles. The number of carbonyl (C=O) groups is 1. The molecule has 0 saturated heterocycles. The maximum absolute atomic E-state index is 11.0. The zero-order chi connectivity index (χ0) is 18.2. The van der Waals surface area contributed by atoms with E-state index in [9.17, 15) is 9.90 Å². The van der Waals surface area contributed by atoms with Gasteiger partial charge in [0, 0.05) is 28.3 Å². The highest BCUT2D eigenvalue weighted by atomic mass is 35.5. The Bertz CT molecular complexity index is 676. The predicted octanol–water partition coefficient (Wildman–Crippen LogP) is 4.53. The number of ether oxygens (including phenoxy) is 1. The van der Waals surface area contributed by atoms with Gasteiger partial charge in [-0.15, -0.1) is 11.8 Å². The summed E-state index contributed by atoms with van der Waals surface area (Å²) in [5.41, 5.74) is 1.79. The first-order valence-corrected chi connectivity index (χ1v) is 9.36. The molecular weight excluding hydrogens is 358 g/mol. The summed E-state index contributed by atoms with van der Waals surface area (Å²) in [5, 5.41) is 13.5. The van der Waals surface area contributed by atoms with Crippen LogP contribution in [-0.4, -0.2) is 29.5 Å². The van der Waals surface area contributed by atoms with E-state index in [0.717, 1.165) is 16.1 Å². The molecule has 2 atom stereocenters. The van der Waals surface area contributed by atoms with Gasteiger partial charge in [-0.1, -0.05) is 23.7 Å². The maximum Gasteiger partial charge on any atom is 0.221 e. The summed E-state index contributed by atoms with van der Waals surface area (Å²) in [6.45, 7) is 3.69. The van der Waals surface area contributed by atoms with Crippen LogP contribution >= 0.6 is 23.4 Å². The standard InChI is InChI=1S/C19H22ClNO3S/c1-13(15-3-5-16(20)6-4-15)24-11-18(23)12-25-19-9-7-17(8-10-19)21-14(2)22/h3-10,13,18,23H,11-12H2,1-2H3,(H,21,22)/t13-,18-/m1/s1.